The Kier molecular flexibility index (Phi) is 3.80. The van der Waals surface area contributed by atoms with Crippen LogP contribution >= 0.6 is 24.0 Å². The van der Waals surface area contributed by atoms with Crippen molar-refractivity contribution in [3.05, 3.63) is 34.6 Å². The maximum Gasteiger partial charge on any atom is 0.251 e. The summed E-state index contributed by atoms with van der Waals surface area (Å²) in [6, 6.07) is 4.30. The highest BCUT2D eigenvalue weighted by Crippen LogP contribution is 2.41. The van der Waals surface area contributed by atoms with Crippen molar-refractivity contribution in [2.45, 2.75) is 6.04 Å². The molecule has 3 nitrogen and oxygen atoms in total. The van der Waals surface area contributed by atoms with Gasteiger partial charge in [0.2, 0.25) is 0 Å². The molecule has 18 heavy (non-hydrogen) atoms. The van der Waals surface area contributed by atoms with Crippen molar-refractivity contribution in [2.75, 3.05) is 13.1 Å². The molecule has 2 unspecified atom stereocenters. The molecule has 1 aliphatic heterocycles. The molecule has 6 heteroatoms. The predicted molar refractivity (Wildman–Crippen MR) is 69.8 cm³/mol. The van der Waals surface area contributed by atoms with Gasteiger partial charge in [-0.3, -0.25) is 4.79 Å². The fourth-order valence-electron chi connectivity index (χ4n) is 2.50. The Morgan fingerprint density at radius 3 is 2.67 bits per heavy atom. The van der Waals surface area contributed by atoms with Gasteiger partial charge in [-0.05, 0) is 30.0 Å². The van der Waals surface area contributed by atoms with E-state index in [1.54, 1.807) is 0 Å². The lowest BCUT2D eigenvalue weighted by Crippen LogP contribution is -2.32. The number of amides is 1. The van der Waals surface area contributed by atoms with Crippen molar-refractivity contribution >= 4 is 29.9 Å². The quantitative estimate of drug-likeness (QED) is 0.873. The molecule has 0 aromatic heterocycles. The maximum absolute atomic E-state index is 13.0. The van der Waals surface area contributed by atoms with E-state index in [2.05, 4.69) is 10.6 Å². The first-order valence-corrected chi connectivity index (χ1v) is 6.01. The van der Waals surface area contributed by atoms with E-state index >= 15 is 0 Å². The third-order valence-corrected chi connectivity index (χ3v) is 3.86. The molecule has 3 rings (SSSR count). The SMILES string of the molecule is Cl.O=C(NC1C2CNCC21)c1ccc(F)c(Cl)c1. The van der Waals surface area contributed by atoms with Crippen molar-refractivity contribution in [1.82, 2.24) is 10.6 Å². The average molecular weight is 291 g/mol. The summed E-state index contributed by atoms with van der Waals surface area (Å²) in [6.45, 7) is 1.94. The summed E-state index contributed by atoms with van der Waals surface area (Å²) in [7, 11) is 0. The van der Waals surface area contributed by atoms with Crippen LogP contribution in [0.1, 0.15) is 10.4 Å². The number of carbonyl (C=O) groups is 1. The number of hydrogen-bond acceptors (Lipinski definition) is 2. The number of fused-ring (bicyclic) bond motifs is 1. The Morgan fingerprint density at radius 2 is 2.06 bits per heavy atom. The molecule has 1 saturated heterocycles. The van der Waals surface area contributed by atoms with E-state index in [4.69, 9.17) is 11.6 Å². The van der Waals surface area contributed by atoms with Crippen LogP contribution in [-0.2, 0) is 0 Å². The number of hydrogen-bond donors (Lipinski definition) is 2. The third kappa shape index (κ3) is 2.32. The molecule has 2 atom stereocenters. The van der Waals surface area contributed by atoms with Crippen molar-refractivity contribution in [1.29, 1.82) is 0 Å². The van der Waals surface area contributed by atoms with Crippen LogP contribution in [0.2, 0.25) is 5.02 Å². The molecule has 1 saturated carbocycles. The standard InChI is InChI=1S/C12H12ClFN2O.ClH/c13-9-3-6(1-2-10(9)14)12(17)16-11-7-4-15-5-8(7)11;/h1-3,7-8,11,15H,4-5H2,(H,16,17);1H. The van der Waals surface area contributed by atoms with E-state index in [1.807, 2.05) is 0 Å². The normalized spacial score (nSPS) is 28.2. The highest BCUT2D eigenvalue weighted by Gasteiger charge is 2.53. The van der Waals surface area contributed by atoms with Crippen LogP contribution in [-0.4, -0.2) is 25.0 Å². The van der Waals surface area contributed by atoms with Gasteiger partial charge >= 0.3 is 0 Å². The molecule has 0 radical (unpaired) electrons. The van der Waals surface area contributed by atoms with Gasteiger partial charge in [0, 0.05) is 24.7 Å². The fourth-order valence-corrected chi connectivity index (χ4v) is 2.69. The summed E-state index contributed by atoms with van der Waals surface area (Å²) in [4.78, 5) is 11.9. The number of rotatable bonds is 2. The first kappa shape index (κ1) is 13.6. The van der Waals surface area contributed by atoms with Gasteiger partial charge in [-0.1, -0.05) is 11.6 Å². The Hall–Kier alpha value is -0.840. The molecule has 2 N–H and O–H groups in total. The molecule has 2 aliphatic rings. The summed E-state index contributed by atoms with van der Waals surface area (Å²) < 4.78 is 13.0. The topological polar surface area (TPSA) is 41.1 Å². The Balaban J connectivity index is 0.00000120. The smallest absolute Gasteiger partial charge is 0.251 e. The summed E-state index contributed by atoms with van der Waals surface area (Å²) in [6.07, 6.45) is 0. The van der Waals surface area contributed by atoms with Crippen molar-refractivity contribution < 1.29 is 9.18 Å². The van der Waals surface area contributed by atoms with Gasteiger partial charge in [0.25, 0.3) is 5.91 Å². The average Bonchev–Trinajstić information content (AvgIpc) is 2.76. The number of piperidine rings is 1. The lowest BCUT2D eigenvalue weighted by Gasteiger charge is -2.08. The van der Waals surface area contributed by atoms with Crippen LogP contribution in [0.4, 0.5) is 4.39 Å². The summed E-state index contributed by atoms with van der Waals surface area (Å²) in [5.41, 5.74) is 0.411. The van der Waals surface area contributed by atoms with Gasteiger partial charge in [0.1, 0.15) is 5.82 Å². The molecule has 1 aromatic rings. The Bertz CT molecular complexity index is 473. The Labute approximate surface area is 115 Å². The summed E-state index contributed by atoms with van der Waals surface area (Å²) in [5.74, 6) is 0.451. The van der Waals surface area contributed by atoms with Crippen LogP contribution in [0.25, 0.3) is 0 Å². The lowest BCUT2D eigenvalue weighted by molar-refractivity contribution is 0.0946. The van der Waals surface area contributed by atoms with Gasteiger partial charge in [-0.15, -0.1) is 12.4 Å². The van der Waals surface area contributed by atoms with Gasteiger partial charge in [-0.25, -0.2) is 4.39 Å². The molecular formula is C12H13Cl2FN2O. The second-order valence-electron chi connectivity index (χ2n) is 4.61. The number of nitrogens with one attached hydrogen (secondary N) is 2. The van der Waals surface area contributed by atoms with Crippen LogP contribution < -0.4 is 10.6 Å². The van der Waals surface area contributed by atoms with E-state index in [0.717, 1.165) is 13.1 Å². The zero-order valence-electron chi connectivity index (χ0n) is 9.45. The predicted octanol–water partition coefficient (Wildman–Crippen LogP) is 1.85. The first-order valence-electron chi connectivity index (χ1n) is 5.63. The monoisotopic (exact) mass is 290 g/mol. The molecule has 0 spiro atoms. The number of benzene rings is 1. The zero-order chi connectivity index (χ0) is 12.0. The summed E-state index contributed by atoms with van der Waals surface area (Å²) >= 11 is 5.64. The number of carbonyl (C=O) groups excluding carboxylic acids is 1. The van der Waals surface area contributed by atoms with E-state index in [1.165, 1.54) is 18.2 Å². The van der Waals surface area contributed by atoms with Crippen molar-refractivity contribution in [3.63, 3.8) is 0 Å². The van der Waals surface area contributed by atoms with Crippen LogP contribution in [0.15, 0.2) is 18.2 Å². The second kappa shape index (κ2) is 5.03. The van der Waals surface area contributed by atoms with Crippen LogP contribution in [0, 0.1) is 17.7 Å². The molecule has 2 fully saturated rings. The van der Waals surface area contributed by atoms with Crippen molar-refractivity contribution in [3.8, 4) is 0 Å². The second-order valence-corrected chi connectivity index (χ2v) is 5.02. The first-order chi connectivity index (χ1) is 8.16. The highest BCUT2D eigenvalue weighted by molar-refractivity contribution is 6.31. The fraction of sp³-hybridized carbons (Fsp3) is 0.417. The van der Waals surface area contributed by atoms with Gasteiger partial charge < -0.3 is 10.6 Å². The highest BCUT2D eigenvalue weighted by atomic mass is 35.5. The largest absolute Gasteiger partial charge is 0.349 e. The minimum Gasteiger partial charge on any atom is -0.349 e. The minimum atomic E-state index is -0.504. The molecule has 1 amide bonds. The van der Waals surface area contributed by atoms with E-state index < -0.39 is 5.82 Å². The molecule has 1 heterocycles. The van der Waals surface area contributed by atoms with Crippen LogP contribution in [0.5, 0.6) is 0 Å². The minimum absolute atomic E-state index is 0. The van der Waals surface area contributed by atoms with E-state index in [0.29, 0.717) is 17.4 Å². The lowest BCUT2D eigenvalue weighted by atomic mass is 10.2. The van der Waals surface area contributed by atoms with E-state index in [9.17, 15) is 9.18 Å². The zero-order valence-corrected chi connectivity index (χ0v) is 11.0. The molecule has 98 valence electrons. The Morgan fingerprint density at radius 1 is 1.39 bits per heavy atom. The molecule has 1 aromatic carbocycles. The summed E-state index contributed by atoms with van der Waals surface area (Å²) in [5, 5.41) is 6.20. The van der Waals surface area contributed by atoms with Crippen molar-refractivity contribution in [2.24, 2.45) is 11.8 Å². The molecular weight excluding hydrogens is 278 g/mol. The van der Waals surface area contributed by atoms with Gasteiger partial charge in [0.15, 0.2) is 0 Å². The molecule has 0 bridgehead atoms. The third-order valence-electron chi connectivity index (χ3n) is 3.57. The number of halogens is 3. The maximum atomic E-state index is 13.0. The van der Waals surface area contributed by atoms with Gasteiger partial charge in [0.05, 0.1) is 5.02 Å². The molecule has 1 aliphatic carbocycles. The van der Waals surface area contributed by atoms with E-state index in [-0.39, 0.29) is 29.4 Å². The van der Waals surface area contributed by atoms with Gasteiger partial charge in [-0.2, -0.15) is 0 Å². The van der Waals surface area contributed by atoms with Crippen LogP contribution in [0.3, 0.4) is 0 Å².